The number of carbonyl (C=O) groups is 3. The van der Waals surface area contributed by atoms with Crippen LogP contribution in [0.3, 0.4) is 0 Å². The number of amides is 3. The lowest BCUT2D eigenvalue weighted by Gasteiger charge is -2.14. The lowest BCUT2D eigenvalue weighted by Crippen LogP contribution is -2.22. The van der Waals surface area contributed by atoms with Crippen LogP contribution in [0, 0.1) is 6.92 Å². The Morgan fingerprint density at radius 1 is 0.824 bits per heavy atom. The van der Waals surface area contributed by atoms with E-state index in [1.807, 2.05) is 55.5 Å². The van der Waals surface area contributed by atoms with Gasteiger partial charge in [0.1, 0.15) is 5.75 Å². The smallest absolute Gasteiger partial charge is 0.262 e. The van der Waals surface area contributed by atoms with E-state index in [-0.39, 0.29) is 12.5 Å². The lowest BCUT2D eigenvalue weighted by atomic mass is 10.0. The van der Waals surface area contributed by atoms with Crippen molar-refractivity contribution in [2.24, 2.45) is 5.73 Å². The summed E-state index contributed by atoms with van der Waals surface area (Å²) in [6.45, 7) is 1.61. The zero-order valence-corrected chi connectivity index (χ0v) is 18.5. The molecule has 0 fully saturated rings. The number of nitrogens with two attached hydrogens (primary N) is 1. The molecule has 0 spiro atoms. The number of rotatable bonds is 7. The first-order chi connectivity index (χ1) is 16.4. The molecule has 0 saturated heterocycles. The summed E-state index contributed by atoms with van der Waals surface area (Å²) < 4.78 is 5.78. The highest BCUT2D eigenvalue weighted by Gasteiger charge is 2.16. The van der Waals surface area contributed by atoms with Crippen molar-refractivity contribution >= 4 is 39.9 Å². The van der Waals surface area contributed by atoms with Gasteiger partial charge in [-0.25, -0.2) is 0 Å². The van der Waals surface area contributed by atoms with Crippen LogP contribution >= 0.6 is 0 Å². The third kappa shape index (κ3) is 5.21. The Balaban J connectivity index is 1.53. The second-order valence-corrected chi connectivity index (χ2v) is 7.74. The van der Waals surface area contributed by atoms with Gasteiger partial charge in [0.25, 0.3) is 11.8 Å². The summed E-state index contributed by atoms with van der Waals surface area (Å²) in [5, 5.41) is 7.37. The van der Waals surface area contributed by atoms with E-state index in [9.17, 15) is 14.4 Å². The van der Waals surface area contributed by atoms with Crippen LogP contribution in [-0.2, 0) is 4.79 Å². The molecule has 7 nitrogen and oxygen atoms in total. The third-order valence-electron chi connectivity index (χ3n) is 5.30. The van der Waals surface area contributed by atoms with E-state index < -0.39 is 11.8 Å². The van der Waals surface area contributed by atoms with Gasteiger partial charge in [-0.1, -0.05) is 42.5 Å². The Hall–Kier alpha value is -4.65. The van der Waals surface area contributed by atoms with Crippen molar-refractivity contribution in [2.45, 2.75) is 6.92 Å². The van der Waals surface area contributed by atoms with Gasteiger partial charge in [-0.05, 0) is 65.7 Å². The summed E-state index contributed by atoms with van der Waals surface area (Å²) in [7, 11) is 0. The van der Waals surface area contributed by atoms with E-state index in [1.165, 1.54) is 12.1 Å². The molecule has 0 unspecified atom stereocenters. The first kappa shape index (κ1) is 22.5. The predicted octanol–water partition coefficient (Wildman–Crippen LogP) is 4.52. The fraction of sp³-hybridized carbons (Fsp3) is 0.0741. The van der Waals surface area contributed by atoms with Crippen molar-refractivity contribution in [1.29, 1.82) is 0 Å². The molecule has 4 rings (SSSR count). The highest BCUT2D eigenvalue weighted by molar-refractivity contribution is 6.09. The molecule has 4 N–H and O–H groups in total. The zero-order chi connectivity index (χ0) is 24.1. The Morgan fingerprint density at radius 3 is 2.15 bits per heavy atom. The highest BCUT2D eigenvalue weighted by Crippen LogP contribution is 2.27. The Kier molecular flexibility index (Phi) is 6.54. The van der Waals surface area contributed by atoms with E-state index >= 15 is 0 Å². The molecule has 0 radical (unpaired) electrons. The molecule has 0 aliphatic carbocycles. The third-order valence-corrected chi connectivity index (χ3v) is 5.30. The molecular formula is C27H23N3O4. The second kappa shape index (κ2) is 9.87. The van der Waals surface area contributed by atoms with Crippen molar-refractivity contribution in [3.63, 3.8) is 0 Å². The first-order valence-electron chi connectivity index (χ1n) is 10.6. The van der Waals surface area contributed by atoms with Crippen molar-refractivity contribution in [2.75, 3.05) is 17.2 Å². The highest BCUT2D eigenvalue weighted by atomic mass is 16.5. The molecule has 7 heteroatoms. The van der Waals surface area contributed by atoms with Gasteiger partial charge in [-0.15, -0.1) is 0 Å². The van der Waals surface area contributed by atoms with Crippen LogP contribution in [0.4, 0.5) is 11.4 Å². The van der Waals surface area contributed by atoms with Crippen molar-refractivity contribution in [1.82, 2.24) is 0 Å². The molecule has 4 aromatic carbocycles. The number of para-hydroxylation sites is 1. The Morgan fingerprint density at radius 2 is 1.47 bits per heavy atom. The molecule has 0 atom stereocenters. The maximum absolute atomic E-state index is 13.1. The monoisotopic (exact) mass is 453 g/mol. The molecule has 0 bridgehead atoms. The number of nitrogens with one attached hydrogen (secondary N) is 2. The number of hydrogen-bond acceptors (Lipinski definition) is 4. The standard InChI is InChI=1S/C27H23N3O4/c1-17-6-2-5-9-23(17)30-27(33)22-14-19-7-3-4-8-20(19)15-24(22)34-16-25(31)29-21-12-10-18(11-13-21)26(28)32/h2-15H,16H2,1H3,(H2,28,32)(H,29,31)(H,30,33). The molecule has 3 amide bonds. The fourth-order valence-corrected chi connectivity index (χ4v) is 3.48. The summed E-state index contributed by atoms with van der Waals surface area (Å²) in [5.41, 5.74) is 8.02. The minimum Gasteiger partial charge on any atom is -0.483 e. The normalized spacial score (nSPS) is 10.5. The maximum Gasteiger partial charge on any atom is 0.262 e. The molecule has 0 aromatic heterocycles. The van der Waals surface area contributed by atoms with Crippen molar-refractivity contribution < 1.29 is 19.1 Å². The van der Waals surface area contributed by atoms with Crippen LogP contribution in [0.5, 0.6) is 5.75 Å². The van der Waals surface area contributed by atoms with E-state index in [2.05, 4.69) is 10.6 Å². The SMILES string of the molecule is Cc1ccccc1NC(=O)c1cc2ccccc2cc1OCC(=O)Nc1ccc(C(N)=O)cc1. The average Bonchev–Trinajstić information content (AvgIpc) is 2.84. The first-order valence-corrected chi connectivity index (χ1v) is 10.6. The molecule has 0 aliphatic rings. The minimum atomic E-state index is -0.547. The number of primary amides is 1. The maximum atomic E-state index is 13.1. The van der Waals surface area contributed by atoms with Gasteiger partial charge in [0, 0.05) is 16.9 Å². The van der Waals surface area contributed by atoms with Gasteiger partial charge < -0.3 is 21.1 Å². The molecule has 0 saturated carbocycles. The summed E-state index contributed by atoms with van der Waals surface area (Å²) in [5.74, 6) is -0.999. The number of anilines is 2. The van der Waals surface area contributed by atoms with Crippen LogP contribution < -0.4 is 21.1 Å². The topological polar surface area (TPSA) is 111 Å². The average molecular weight is 453 g/mol. The Labute approximate surface area is 196 Å². The van der Waals surface area contributed by atoms with Crippen LogP contribution in [0.15, 0.2) is 84.9 Å². The number of hydrogen-bond donors (Lipinski definition) is 3. The largest absolute Gasteiger partial charge is 0.483 e. The fourth-order valence-electron chi connectivity index (χ4n) is 3.48. The van der Waals surface area contributed by atoms with Crippen molar-refractivity contribution in [3.05, 3.63) is 102 Å². The summed E-state index contributed by atoms with van der Waals surface area (Å²) >= 11 is 0. The van der Waals surface area contributed by atoms with E-state index in [1.54, 1.807) is 24.3 Å². The van der Waals surface area contributed by atoms with Gasteiger partial charge in [0.2, 0.25) is 5.91 Å². The lowest BCUT2D eigenvalue weighted by molar-refractivity contribution is -0.118. The second-order valence-electron chi connectivity index (χ2n) is 7.74. The summed E-state index contributed by atoms with van der Waals surface area (Å²) in [6, 6.07) is 24.8. The molecule has 34 heavy (non-hydrogen) atoms. The molecule has 170 valence electrons. The number of benzene rings is 4. The molecule has 4 aromatic rings. The van der Waals surface area contributed by atoms with E-state index in [0.717, 1.165) is 16.3 Å². The van der Waals surface area contributed by atoms with Gasteiger partial charge >= 0.3 is 0 Å². The number of aryl methyl sites for hydroxylation is 1. The van der Waals surface area contributed by atoms with Gasteiger partial charge in [0.15, 0.2) is 6.61 Å². The quantitative estimate of drug-likeness (QED) is 0.382. The van der Waals surface area contributed by atoms with Crippen LogP contribution in [0.25, 0.3) is 10.8 Å². The van der Waals surface area contributed by atoms with Gasteiger partial charge in [-0.2, -0.15) is 0 Å². The molecule has 0 aliphatic heterocycles. The number of carbonyl (C=O) groups excluding carboxylic acids is 3. The summed E-state index contributed by atoms with van der Waals surface area (Å²) in [6.07, 6.45) is 0. The number of fused-ring (bicyclic) bond motifs is 1. The van der Waals surface area contributed by atoms with Gasteiger partial charge in [-0.3, -0.25) is 14.4 Å². The van der Waals surface area contributed by atoms with Gasteiger partial charge in [0.05, 0.1) is 5.56 Å². The summed E-state index contributed by atoms with van der Waals surface area (Å²) in [4.78, 5) is 36.8. The van der Waals surface area contributed by atoms with Crippen molar-refractivity contribution in [3.8, 4) is 5.75 Å². The predicted molar refractivity (Wildman–Crippen MR) is 132 cm³/mol. The zero-order valence-electron chi connectivity index (χ0n) is 18.5. The van der Waals surface area contributed by atoms with Crippen LogP contribution in [0.2, 0.25) is 0 Å². The molecular weight excluding hydrogens is 430 g/mol. The van der Waals surface area contributed by atoms with E-state index in [4.69, 9.17) is 10.5 Å². The number of ether oxygens (including phenoxy) is 1. The van der Waals surface area contributed by atoms with E-state index in [0.29, 0.717) is 28.3 Å². The Bertz CT molecular complexity index is 1380. The minimum absolute atomic E-state index is 0.295. The van der Waals surface area contributed by atoms with Crippen LogP contribution in [-0.4, -0.2) is 24.3 Å². The van der Waals surface area contributed by atoms with Crippen LogP contribution in [0.1, 0.15) is 26.3 Å². The molecule has 0 heterocycles.